The Morgan fingerprint density at radius 3 is 2.69 bits per heavy atom. The Bertz CT molecular complexity index is 1030. The number of nitrogens with one attached hydrogen (secondary N) is 1. The Morgan fingerprint density at radius 2 is 2.07 bits per heavy atom. The summed E-state index contributed by atoms with van der Waals surface area (Å²) >= 11 is 1.33. The summed E-state index contributed by atoms with van der Waals surface area (Å²) in [4.78, 5) is 13.6. The molecule has 3 rings (SSSR count). The molecule has 0 aliphatic heterocycles. The second-order valence-corrected chi connectivity index (χ2v) is 8.26. The van der Waals surface area contributed by atoms with Gasteiger partial charge in [-0.15, -0.1) is 11.3 Å². The first-order chi connectivity index (χ1) is 13.9. The average Bonchev–Trinajstić information content (AvgIpc) is 3.26. The van der Waals surface area contributed by atoms with Crippen LogP contribution in [0.25, 0.3) is 11.1 Å². The average molecular weight is 419 g/mol. The van der Waals surface area contributed by atoms with Gasteiger partial charge < -0.3 is 11.5 Å². The van der Waals surface area contributed by atoms with Crippen LogP contribution in [0.15, 0.2) is 24.4 Å². The quantitative estimate of drug-likeness (QED) is 0.514. The molecule has 0 aliphatic rings. The summed E-state index contributed by atoms with van der Waals surface area (Å²) in [6.45, 7) is 4.24. The van der Waals surface area contributed by atoms with Gasteiger partial charge in [-0.1, -0.05) is 19.4 Å². The van der Waals surface area contributed by atoms with Crippen molar-refractivity contribution in [1.82, 2.24) is 10.2 Å². The van der Waals surface area contributed by atoms with Crippen LogP contribution in [0.2, 0.25) is 0 Å². The number of amides is 1. The molecule has 2 heterocycles. The number of hydrogen-bond acceptors (Lipinski definition) is 4. The topological polar surface area (TPSA) is 97.8 Å². The van der Waals surface area contributed by atoms with Crippen molar-refractivity contribution in [3.8, 4) is 11.1 Å². The van der Waals surface area contributed by atoms with E-state index in [2.05, 4.69) is 17.1 Å². The molecule has 0 bridgehead atoms. The molecule has 0 unspecified atom stereocenters. The van der Waals surface area contributed by atoms with Gasteiger partial charge in [0.2, 0.25) is 0 Å². The van der Waals surface area contributed by atoms with E-state index in [9.17, 15) is 13.6 Å². The first-order valence-corrected chi connectivity index (χ1v) is 10.3. The predicted molar refractivity (Wildman–Crippen MR) is 111 cm³/mol. The molecule has 29 heavy (non-hydrogen) atoms. The zero-order valence-electron chi connectivity index (χ0n) is 16.4. The summed E-state index contributed by atoms with van der Waals surface area (Å²) in [6.07, 6.45) is 3.86. The second-order valence-electron chi connectivity index (χ2n) is 7.04. The molecule has 1 aromatic carbocycles. The SMILES string of the molecule is CCCc1[nH]ncc1-c1c(C)sc(C(N)=O)c1[C@@H](CN)Cc1ccc(F)c(F)c1. The van der Waals surface area contributed by atoms with E-state index in [-0.39, 0.29) is 12.5 Å². The fraction of sp³-hybridized carbons (Fsp3) is 0.333. The van der Waals surface area contributed by atoms with Crippen molar-refractivity contribution in [2.45, 2.75) is 39.0 Å². The molecule has 1 atom stereocenters. The van der Waals surface area contributed by atoms with Crippen LogP contribution in [-0.4, -0.2) is 22.6 Å². The van der Waals surface area contributed by atoms with E-state index in [1.54, 1.807) is 6.20 Å². The van der Waals surface area contributed by atoms with Crippen molar-refractivity contribution >= 4 is 17.2 Å². The van der Waals surface area contributed by atoms with Gasteiger partial charge >= 0.3 is 0 Å². The second kappa shape index (κ2) is 8.84. The molecule has 0 saturated heterocycles. The Labute approximate surface area is 172 Å². The molecule has 0 saturated carbocycles. The molecule has 0 fully saturated rings. The van der Waals surface area contributed by atoms with Crippen molar-refractivity contribution in [3.05, 3.63) is 62.6 Å². The molecular formula is C21H24F2N4OS. The largest absolute Gasteiger partial charge is 0.365 e. The number of aryl methyl sites for hydroxylation is 2. The van der Waals surface area contributed by atoms with Gasteiger partial charge in [0.25, 0.3) is 5.91 Å². The molecule has 3 aromatic rings. The number of nitrogens with zero attached hydrogens (tertiary/aromatic N) is 1. The Morgan fingerprint density at radius 1 is 1.31 bits per heavy atom. The summed E-state index contributed by atoms with van der Waals surface area (Å²) in [5.74, 6) is -2.61. The third kappa shape index (κ3) is 4.23. The maximum Gasteiger partial charge on any atom is 0.259 e. The van der Waals surface area contributed by atoms with E-state index in [0.717, 1.165) is 46.2 Å². The van der Waals surface area contributed by atoms with Crippen molar-refractivity contribution < 1.29 is 13.6 Å². The molecule has 1 amide bonds. The van der Waals surface area contributed by atoms with Crippen LogP contribution >= 0.6 is 11.3 Å². The standard InChI is InChI=1S/C21H24F2N4OS/c1-3-4-17-14(10-26-27-17)18-11(2)29-20(21(25)28)19(18)13(9-24)7-12-5-6-15(22)16(23)8-12/h5-6,8,10,13H,3-4,7,9,24H2,1-2H3,(H2,25,28)(H,26,27)/t13-/m1/s1. The third-order valence-electron chi connectivity index (χ3n) is 4.99. The predicted octanol–water partition coefficient (Wildman–Crippen LogP) is 4.06. The van der Waals surface area contributed by atoms with Crippen LogP contribution in [0.1, 0.15) is 50.6 Å². The van der Waals surface area contributed by atoms with Crippen LogP contribution in [0.4, 0.5) is 8.78 Å². The van der Waals surface area contributed by atoms with Crippen LogP contribution in [0, 0.1) is 18.6 Å². The van der Waals surface area contributed by atoms with Crippen LogP contribution in [-0.2, 0) is 12.8 Å². The molecule has 0 radical (unpaired) electrons. The highest BCUT2D eigenvalue weighted by atomic mass is 32.1. The van der Waals surface area contributed by atoms with E-state index in [4.69, 9.17) is 11.5 Å². The minimum atomic E-state index is -0.907. The van der Waals surface area contributed by atoms with Crippen molar-refractivity contribution in [2.75, 3.05) is 6.54 Å². The Kier molecular flexibility index (Phi) is 6.44. The van der Waals surface area contributed by atoms with E-state index >= 15 is 0 Å². The number of aromatic amines is 1. The van der Waals surface area contributed by atoms with Crippen molar-refractivity contribution in [2.24, 2.45) is 11.5 Å². The van der Waals surface area contributed by atoms with E-state index in [0.29, 0.717) is 16.9 Å². The summed E-state index contributed by atoms with van der Waals surface area (Å²) in [5, 5.41) is 7.22. The van der Waals surface area contributed by atoms with E-state index < -0.39 is 17.5 Å². The first-order valence-electron chi connectivity index (χ1n) is 9.47. The number of primary amides is 1. The first kappa shape index (κ1) is 21.1. The van der Waals surface area contributed by atoms with E-state index in [1.807, 2.05) is 6.92 Å². The highest BCUT2D eigenvalue weighted by Crippen LogP contribution is 2.42. The number of thiophene rings is 1. The summed E-state index contributed by atoms with van der Waals surface area (Å²) in [7, 11) is 0. The van der Waals surface area contributed by atoms with Gasteiger partial charge in [-0.05, 0) is 49.6 Å². The number of carbonyl (C=O) groups is 1. The fourth-order valence-electron chi connectivity index (χ4n) is 3.69. The molecule has 5 N–H and O–H groups in total. The van der Waals surface area contributed by atoms with Crippen LogP contribution in [0.5, 0.6) is 0 Å². The molecule has 5 nitrogen and oxygen atoms in total. The number of halogens is 2. The maximum atomic E-state index is 13.7. The van der Waals surface area contributed by atoms with Crippen LogP contribution < -0.4 is 11.5 Å². The van der Waals surface area contributed by atoms with Gasteiger partial charge in [0, 0.05) is 27.6 Å². The number of hydrogen-bond donors (Lipinski definition) is 3. The smallest absolute Gasteiger partial charge is 0.259 e. The lowest BCUT2D eigenvalue weighted by Crippen LogP contribution is -2.20. The van der Waals surface area contributed by atoms with Gasteiger partial charge in [-0.25, -0.2) is 8.78 Å². The lowest BCUT2D eigenvalue weighted by atomic mass is 9.86. The van der Waals surface area contributed by atoms with Crippen molar-refractivity contribution in [1.29, 1.82) is 0 Å². The Hall–Kier alpha value is -2.58. The minimum Gasteiger partial charge on any atom is -0.365 e. The number of rotatable bonds is 8. The fourth-order valence-corrected chi connectivity index (χ4v) is 4.80. The number of aromatic nitrogens is 2. The van der Waals surface area contributed by atoms with Gasteiger partial charge in [0.1, 0.15) is 0 Å². The van der Waals surface area contributed by atoms with Crippen LogP contribution in [0.3, 0.4) is 0 Å². The Balaban J connectivity index is 2.13. The highest BCUT2D eigenvalue weighted by Gasteiger charge is 2.28. The molecule has 0 aliphatic carbocycles. The number of carbonyl (C=O) groups excluding carboxylic acids is 1. The molecule has 2 aromatic heterocycles. The molecule has 154 valence electrons. The maximum absolute atomic E-state index is 13.7. The molecule has 0 spiro atoms. The van der Waals surface area contributed by atoms with Gasteiger partial charge in [-0.2, -0.15) is 5.10 Å². The van der Waals surface area contributed by atoms with Gasteiger partial charge in [0.15, 0.2) is 11.6 Å². The lowest BCUT2D eigenvalue weighted by molar-refractivity contribution is 0.100. The van der Waals surface area contributed by atoms with Gasteiger partial charge in [-0.3, -0.25) is 9.89 Å². The zero-order valence-corrected chi connectivity index (χ0v) is 17.2. The summed E-state index contributed by atoms with van der Waals surface area (Å²) in [6, 6.07) is 3.80. The van der Waals surface area contributed by atoms with E-state index in [1.165, 1.54) is 23.5 Å². The molecule has 8 heteroatoms. The summed E-state index contributed by atoms with van der Waals surface area (Å²) in [5.41, 5.74) is 15.9. The monoisotopic (exact) mass is 418 g/mol. The lowest BCUT2D eigenvalue weighted by Gasteiger charge is -2.19. The minimum absolute atomic E-state index is 0.226. The third-order valence-corrected chi connectivity index (χ3v) is 6.13. The number of benzene rings is 1. The molecular weight excluding hydrogens is 394 g/mol. The summed E-state index contributed by atoms with van der Waals surface area (Å²) < 4.78 is 27.0. The number of H-pyrrole nitrogens is 1. The zero-order chi connectivity index (χ0) is 21.1. The van der Waals surface area contributed by atoms with Crippen molar-refractivity contribution in [3.63, 3.8) is 0 Å². The number of nitrogens with two attached hydrogens (primary N) is 2. The normalized spacial score (nSPS) is 12.3. The highest BCUT2D eigenvalue weighted by molar-refractivity contribution is 7.14. The van der Waals surface area contributed by atoms with Gasteiger partial charge in [0.05, 0.1) is 11.1 Å².